The Kier molecular flexibility index (Phi) is 3.31. The van der Waals surface area contributed by atoms with Crippen LogP contribution in [-0.2, 0) is 4.79 Å². The van der Waals surface area contributed by atoms with Crippen molar-refractivity contribution >= 4 is 11.7 Å². The maximum absolute atomic E-state index is 11.5. The summed E-state index contributed by atoms with van der Waals surface area (Å²) in [4.78, 5) is 15.6. The van der Waals surface area contributed by atoms with Gasteiger partial charge in [-0.2, -0.15) is 0 Å². The van der Waals surface area contributed by atoms with Gasteiger partial charge in [-0.25, -0.2) is 4.79 Å². The minimum atomic E-state index is -0.786. The van der Waals surface area contributed by atoms with E-state index in [-0.39, 0.29) is 0 Å². The zero-order valence-corrected chi connectivity index (χ0v) is 10.1. The van der Waals surface area contributed by atoms with E-state index in [1.165, 1.54) is 0 Å². The van der Waals surface area contributed by atoms with Gasteiger partial charge in [0.05, 0.1) is 0 Å². The van der Waals surface area contributed by atoms with E-state index >= 15 is 0 Å². The van der Waals surface area contributed by atoms with Crippen molar-refractivity contribution in [2.75, 3.05) is 5.32 Å². The summed E-state index contributed by atoms with van der Waals surface area (Å²) in [6.45, 7) is 1.90. The molecule has 0 saturated heterocycles. The Morgan fingerprint density at radius 1 is 1.41 bits per heavy atom. The summed E-state index contributed by atoms with van der Waals surface area (Å²) in [6.07, 6.45) is 6.18. The second-order valence-corrected chi connectivity index (χ2v) is 4.76. The number of hydrogen-bond acceptors (Lipinski definition) is 3. The molecular formula is C13H18N2O2. The number of nitrogens with zero attached hydrogens (tertiary/aromatic N) is 1. The average molecular weight is 234 g/mol. The quantitative estimate of drug-likeness (QED) is 0.843. The van der Waals surface area contributed by atoms with Crippen LogP contribution in [0.5, 0.6) is 0 Å². The number of anilines is 1. The highest BCUT2D eigenvalue weighted by atomic mass is 16.4. The van der Waals surface area contributed by atoms with Crippen molar-refractivity contribution in [3.8, 4) is 0 Å². The highest BCUT2D eigenvalue weighted by Gasteiger charge is 2.39. The van der Waals surface area contributed by atoms with Gasteiger partial charge in [0, 0.05) is 17.6 Å². The van der Waals surface area contributed by atoms with Crippen LogP contribution in [0.4, 0.5) is 5.69 Å². The fourth-order valence-electron chi connectivity index (χ4n) is 2.45. The highest BCUT2D eigenvalue weighted by molar-refractivity contribution is 5.82. The monoisotopic (exact) mass is 234 g/mol. The Hall–Kier alpha value is -1.58. The SMILES string of the molecule is Cc1cc(NC2(C(=O)O)CCCCC2)ccn1. The normalized spacial score (nSPS) is 18.6. The van der Waals surface area contributed by atoms with Gasteiger partial charge in [0.25, 0.3) is 0 Å². The Morgan fingerprint density at radius 3 is 2.71 bits per heavy atom. The maximum atomic E-state index is 11.5. The second-order valence-electron chi connectivity index (χ2n) is 4.76. The number of pyridine rings is 1. The van der Waals surface area contributed by atoms with E-state index in [2.05, 4.69) is 10.3 Å². The molecule has 2 rings (SSSR count). The van der Waals surface area contributed by atoms with E-state index in [0.717, 1.165) is 30.6 Å². The number of rotatable bonds is 3. The van der Waals surface area contributed by atoms with Crippen LogP contribution in [0.25, 0.3) is 0 Å². The fourth-order valence-corrected chi connectivity index (χ4v) is 2.45. The van der Waals surface area contributed by atoms with Crippen LogP contribution in [0.2, 0.25) is 0 Å². The Labute approximate surface area is 101 Å². The molecule has 0 aromatic carbocycles. The lowest BCUT2D eigenvalue weighted by Gasteiger charge is -2.34. The lowest BCUT2D eigenvalue weighted by atomic mass is 9.81. The van der Waals surface area contributed by atoms with Crippen molar-refractivity contribution in [2.45, 2.75) is 44.6 Å². The predicted octanol–water partition coefficient (Wildman–Crippen LogP) is 2.59. The van der Waals surface area contributed by atoms with Crippen molar-refractivity contribution in [1.82, 2.24) is 4.98 Å². The summed E-state index contributed by atoms with van der Waals surface area (Å²) in [5.74, 6) is -0.744. The first-order valence-electron chi connectivity index (χ1n) is 6.07. The number of carboxylic acid groups (broad SMARTS) is 1. The van der Waals surface area contributed by atoms with E-state index in [1.807, 2.05) is 19.1 Å². The highest BCUT2D eigenvalue weighted by Crippen LogP contribution is 2.32. The third kappa shape index (κ3) is 2.57. The molecule has 0 unspecified atom stereocenters. The van der Waals surface area contributed by atoms with Crippen LogP contribution in [-0.4, -0.2) is 21.6 Å². The number of hydrogen-bond donors (Lipinski definition) is 2. The maximum Gasteiger partial charge on any atom is 0.329 e. The zero-order valence-electron chi connectivity index (χ0n) is 10.1. The molecule has 4 heteroatoms. The van der Waals surface area contributed by atoms with Gasteiger partial charge in [0.15, 0.2) is 0 Å². The van der Waals surface area contributed by atoms with E-state index in [0.29, 0.717) is 12.8 Å². The number of nitrogens with one attached hydrogen (secondary N) is 1. The molecule has 2 N–H and O–H groups in total. The van der Waals surface area contributed by atoms with Gasteiger partial charge in [-0.1, -0.05) is 19.3 Å². The molecule has 0 aliphatic heterocycles. The van der Waals surface area contributed by atoms with Crippen LogP contribution in [0, 0.1) is 6.92 Å². The predicted molar refractivity (Wildman–Crippen MR) is 66.0 cm³/mol. The van der Waals surface area contributed by atoms with Crippen molar-refractivity contribution < 1.29 is 9.90 Å². The topological polar surface area (TPSA) is 62.2 Å². The smallest absolute Gasteiger partial charge is 0.329 e. The molecule has 1 aromatic rings. The van der Waals surface area contributed by atoms with Crippen molar-refractivity contribution in [2.24, 2.45) is 0 Å². The molecule has 4 nitrogen and oxygen atoms in total. The van der Waals surface area contributed by atoms with Gasteiger partial charge in [-0.05, 0) is 31.9 Å². The number of carbonyl (C=O) groups is 1. The molecule has 92 valence electrons. The van der Waals surface area contributed by atoms with Crippen LogP contribution in [0.1, 0.15) is 37.8 Å². The summed E-state index contributed by atoms with van der Waals surface area (Å²) in [5, 5.41) is 12.6. The Balaban J connectivity index is 2.20. The summed E-state index contributed by atoms with van der Waals surface area (Å²) < 4.78 is 0. The van der Waals surface area contributed by atoms with Crippen LogP contribution >= 0.6 is 0 Å². The third-order valence-corrected chi connectivity index (χ3v) is 3.40. The van der Waals surface area contributed by atoms with Crippen LogP contribution < -0.4 is 5.32 Å². The number of aromatic nitrogens is 1. The minimum absolute atomic E-state index is 0.698. The molecule has 1 aliphatic rings. The molecule has 1 fully saturated rings. The van der Waals surface area contributed by atoms with Gasteiger partial charge < -0.3 is 10.4 Å². The van der Waals surface area contributed by atoms with Gasteiger partial charge in [0.2, 0.25) is 0 Å². The molecule has 1 saturated carbocycles. The average Bonchev–Trinajstić information content (AvgIpc) is 2.30. The number of carboxylic acids is 1. The second kappa shape index (κ2) is 4.73. The molecule has 1 aliphatic carbocycles. The Morgan fingerprint density at radius 2 is 2.12 bits per heavy atom. The largest absolute Gasteiger partial charge is 0.480 e. The van der Waals surface area contributed by atoms with E-state index in [4.69, 9.17) is 0 Å². The van der Waals surface area contributed by atoms with Gasteiger partial charge in [0.1, 0.15) is 5.54 Å². The van der Waals surface area contributed by atoms with E-state index in [9.17, 15) is 9.90 Å². The van der Waals surface area contributed by atoms with E-state index < -0.39 is 11.5 Å². The van der Waals surface area contributed by atoms with Gasteiger partial charge in [-0.3, -0.25) is 4.98 Å². The summed E-state index contributed by atoms with van der Waals surface area (Å²) in [7, 11) is 0. The summed E-state index contributed by atoms with van der Waals surface area (Å²) in [5.41, 5.74) is 0.958. The third-order valence-electron chi connectivity index (χ3n) is 3.40. The summed E-state index contributed by atoms with van der Waals surface area (Å²) in [6, 6.07) is 3.71. The first-order chi connectivity index (χ1) is 8.12. The molecule has 1 aromatic heterocycles. The van der Waals surface area contributed by atoms with Gasteiger partial charge in [-0.15, -0.1) is 0 Å². The Bertz CT molecular complexity index is 412. The molecule has 0 bridgehead atoms. The van der Waals surface area contributed by atoms with Crippen molar-refractivity contribution in [3.63, 3.8) is 0 Å². The molecule has 0 radical (unpaired) electrons. The molecule has 17 heavy (non-hydrogen) atoms. The minimum Gasteiger partial charge on any atom is -0.480 e. The molecule has 0 amide bonds. The number of aryl methyl sites for hydroxylation is 1. The lowest BCUT2D eigenvalue weighted by molar-refractivity contribution is -0.143. The van der Waals surface area contributed by atoms with Crippen LogP contribution in [0.3, 0.4) is 0 Å². The molecule has 1 heterocycles. The summed E-state index contributed by atoms with van der Waals surface area (Å²) >= 11 is 0. The first-order valence-corrected chi connectivity index (χ1v) is 6.07. The molecule has 0 spiro atoms. The number of aliphatic carboxylic acids is 1. The van der Waals surface area contributed by atoms with E-state index in [1.54, 1.807) is 6.20 Å². The standard InChI is InChI=1S/C13H18N2O2/c1-10-9-11(5-8-14-10)15-13(12(16)17)6-3-2-4-7-13/h5,8-9H,2-4,6-7H2,1H3,(H,14,15)(H,16,17). The molecular weight excluding hydrogens is 216 g/mol. The lowest BCUT2D eigenvalue weighted by Crippen LogP contribution is -2.47. The first kappa shape index (κ1) is 11.9. The van der Waals surface area contributed by atoms with Crippen LogP contribution in [0.15, 0.2) is 18.3 Å². The van der Waals surface area contributed by atoms with Crippen molar-refractivity contribution in [3.05, 3.63) is 24.0 Å². The van der Waals surface area contributed by atoms with Crippen molar-refractivity contribution in [1.29, 1.82) is 0 Å². The zero-order chi connectivity index (χ0) is 12.3. The molecule has 0 atom stereocenters. The van der Waals surface area contributed by atoms with Gasteiger partial charge >= 0.3 is 5.97 Å². The fraction of sp³-hybridized carbons (Fsp3) is 0.538.